The molecule has 0 aromatic carbocycles. The lowest BCUT2D eigenvalue weighted by molar-refractivity contribution is -0.121. The van der Waals surface area contributed by atoms with Crippen molar-refractivity contribution in [3.05, 3.63) is 33.1 Å². The first-order valence-corrected chi connectivity index (χ1v) is 5.06. The van der Waals surface area contributed by atoms with Gasteiger partial charge in [-0.3, -0.25) is 14.2 Å². The minimum Gasteiger partial charge on any atom is -0.354 e. The molecule has 1 rings (SSSR count). The van der Waals surface area contributed by atoms with Gasteiger partial charge in [0.1, 0.15) is 6.54 Å². The molecule has 6 nitrogen and oxygen atoms in total. The number of hydrogen-bond donors (Lipinski definition) is 2. The Kier molecular flexibility index (Phi) is 4.04. The van der Waals surface area contributed by atoms with Crippen LogP contribution in [0.2, 0.25) is 0 Å². The van der Waals surface area contributed by atoms with Crippen LogP contribution in [-0.2, 0) is 11.3 Å². The minimum atomic E-state index is -0.577. The summed E-state index contributed by atoms with van der Waals surface area (Å²) in [5.74, 6) is -0.0118. The molecule has 1 heterocycles. The largest absolute Gasteiger partial charge is 0.354 e. The van der Waals surface area contributed by atoms with Gasteiger partial charge in [0.15, 0.2) is 0 Å². The van der Waals surface area contributed by atoms with Gasteiger partial charge in [-0.1, -0.05) is 13.8 Å². The van der Waals surface area contributed by atoms with Gasteiger partial charge >= 0.3 is 5.69 Å². The predicted octanol–water partition coefficient (Wildman–Crippen LogP) is -0.691. The second-order valence-corrected chi connectivity index (χ2v) is 3.91. The van der Waals surface area contributed by atoms with Crippen LogP contribution in [0.3, 0.4) is 0 Å². The molecule has 1 amide bonds. The molecule has 0 saturated heterocycles. The second kappa shape index (κ2) is 5.29. The van der Waals surface area contributed by atoms with E-state index in [4.69, 9.17) is 0 Å². The van der Waals surface area contributed by atoms with E-state index in [1.807, 2.05) is 13.8 Å². The molecule has 0 saturated carbocycles. The number of amides is 1. The average Bonchev–Trinajstić information content (AvgIpc) is 2.21. The van der Waals surface area contributed by atoms with Crippen LogP contribution < -0.4 is 16.6 Å². The van der Waals surface area contributed by atoms with Crippen molar-refractivity contribution in [2.45, 2.75) is 20.4 Å². The van der Waals surface area contributed by atoms with Gasteiger partial charge in [0.25, 0.3) is 5.56 Å². The molecule has 88 valence electrons. The van der Waals surface area contributed by atoms with E-state index in [1.165, 1.54) is 12.3 Å². The molecule has 0 bridgehead atoms. The van der Waals surface area contributed by atoms with Crippen LogP contribution in [-0.4, -0.2) is 22.0 Å². The highest BCUT2D eigenvalue weighted by Crippen LogP contribution is 1.86. The quantitative estimate of drug-likeness (QED) is 0.711. The smallest absolute Gasteiger partial charge is 0.328 e. The number of nitrogens with one attached hydrogen (secondary N) is 2. The fourth-order valence-electron chi connectivity index (χ4n) is 1.12. The summed E-state index contributed by atoms with van der Waals surface area (Å²) in [5.41, 5.74) is -1.06. The topological polar surface area (TPSA) is 84.0 Å². The number of aromatic amines is 1. The van der Waals surface area contributed by atoms with E-state index in [0.29, 0.717) is 12.5 Å². The lowest BCUT2D eigenvalue weighted by Crippen LogP contribution is -2.40. The van der Waals surface area contributed by atoms with Crippen LogP contribution in [0.25, 0.3) is 0 Å². The fraction of sp³-hybridized carbons (Fsp3) is 0.500. The van der Waals surface area contributed by atoms with Crippen LogP contribution in [0.15, 0.2) is 21.9 Å². The number of rotatable bonds is 4. The lowest BCUT2D eigenvalue weighted by atomic mass is 10.2. The second-order valence-electron chi connectivity index (χ2n) is 3.91. The number of carbonyl (C=O) groups is 1. The Hall–Kier alpha value is -1.85. The molecule has 1 aromatic heterocycles. The van der Waals surface area contributed by atoms with Crippen LogP contribution in [0.4, 0.5) is 0 Å². The molecular weight excluding hydrogens is 210 g/mol. The third kappa shape index (κ3) is 3.38. The van der Waals surface area contributed by atoms with Crippen molar-refractivity contribution in [2.75, 3.05) is 6.54 Å². The van der Waals surface area contributed by atoms with Crippen molar-refractivity contribution in [2.24, 2.45) is 5.92 Å². The number of H-pyrrole nitrogens is 1. The first-order valence-electron chi connectivity index (χ1n) is 5.06. The van der Waals surface area contributed by atoms with Gasteiger partial charge in [-0.15, -0.1) is 0 Å². The monoisotopic (exact) mass is 225 g/mol. The molecule has 16 heavy (non-hydrogen) atoms. The summed E-state index contributed by atoms with van der Waals surface area (Å²) in [4.78, 5) is 36.3. The standard InChI is InChI=1S/C10H15N3O3/c1-7(2)5-12-8(14)6-13-9(15)3-4-11-10(13)16/h3-4,7H,5-6H2,1-2H3,(H,11,16)(H,12,14). The van der Waals surface area contributed by atoms with Crippen molar-refractivity contribution in [1.82, 2.24) is 14.9 Å². The van der Waals surface area contributed by atoms with Crippen molar-refractivity contribution in [3.8, 4) is 0 Å². The Morgan fingerprint density at radius 2 is 2.19 bits per heavy atom. The fourth-order valence-corrected chi connectivity index (χ4v) is 1.12. The summed E-state index contributed by atoms with van der Waals surface area (Å²) in [6, 6.07) is 1.21. The van der Waals surface area contributed by atoms with Crippen molar-refractivity contribution in [3.63, 3.8) is 0 Å². The van der Waals surface area contributed by atoms with E-state index in [9.17, 15) is 14.4 Å². The summed E-state index contributed by atoms with van der Waals surface area (Å²) in [7, 11) is 0. The van der Waals surface area contributed by atoms with E-state index >= 15 is 0 Å². The van der Waals surface area contributed by atoms with Gasteiger partial charge in [0.2, 0.25) is 5.91 Å². The first-order chi connectivity index (χ1) is 7.50. The first kappa shape index (κ1) is 12.2. The normalized spacial score (nSPS) is 10.4. The van der Waals surface area contributed by atoms with Gasteiger partial charge < -0.3 is 10.3 Å². The minimum absolute atomic E-state index is 0.248. The molecule has 6 heteroatoms. The van der Waals surface area contributed by atoms with Gasteiger partial charge in [0.05, 0.1) is 0 Å². The Labute approximate surface area is 92.3 Å². The molecule has 0 aliphatic rings. The van der Waals surface area contributed by atoms with Crippen LogP contribution >= 0.6 is 0 Å². The zero-order valence-electron chi connectivity index (χ0n) is 9.32. The lowest BCUT2D eigenvalue weighted by Gasteiger charge is -2.07. The van der Waals surface area contributed by atoms with Gasteiger partial charge in [-0.2, -0.15) is 0 Å². The highest BCUT2D eigenvalue weighted by molar-refractivity contribution is 5.75. The molecule has 0 aliphatic carbocycles. The predicted molar refractivity (Wildman–Crippen MR) is 59.2 cm³/mol. The van der Waals surface area contributed by atoms with E-state index in [1.54, 1.807) is 0 Å². The number of aromatic nitrogens is 2. The average molecular weight is 225 g/mol. The third-order valence-corrected chi connectivity index (χ3v) is 1.95. The zero-order chi connectivity index (χ0) is 12.1. The van der Waals surface area contributed by atoms with Crippen molar-refractivity contribution >= 4 is 5.91 Å². The Bertz CT molecular complexity index is 444. The summed E-state index contributed by atoms with van der Waals surface area (Å²) in [6.45, 7) is 4.20. The summed E-state index contributed by atoms with van der Waals surface area (Å²) in [6.07, 6.45) is 1.26. The van der Waals surface area contributed by atoms with Gasteiger partial charge in [-0.25, -0.2) is 4.79 Å². The molecule has 0 atom stereocenters. The van der Waals surface area contributed by atoms with Gasteiger partial charge in [0, 0.05) is 18.8 Å². The van der Waals surface area contributed by atoms with Crippen LogP contribution in [0, 0.1) is 5.92 Å². The highest BCUT2D eigenvalue weighted by Gasteiger charge is 2.07. The van der Waals surface area contributed by atoms with E-state index in [-0.39, 0.29) is 12.5 Å². The number of hydrogen-bond acceptors (Lipinski definition) is 3. The Morgan fingerprint density at radius 3 is 2.75 bits per heavy atom. The van der Waals surface area contributed by atoms with Crippen LogP contribution in [0.5, 0.6) is 0 Å². The summed E-state index contributed by atoms with van der Waals surface area (Å²) >= 11 is 0. The molecular formula is C10H15N3O3. The Balaban J connectivity index is 2.70. The maximum absolute atomic E-state index is 11.4. The van der Waals surface area contributed by atoms with Crippen molar-refractivity contribution < 1.29 is 4.79 Å². The van der Waals surface area contributed by atoms with Crippen LogP contribution in [0.1, 0.15) is 13.8 Å². The molecule has 0 fully saturated rings. The number of nitrogens with zero attached hydrogens (tertiary/aromatic N) is 1. The molecule has 2 N–H and O–H groups in total. The molecule has 0 aliphatic heterocycles. The maximum Gasteiger partial charge on any atom is 0.328 e. The summed E-state index contributed by atoms with van der Waals surface area (Å²) < 4.78 is 0.857. The molecule has 0 spiro atoms. The van der Waals surface area contributed by atoms with E-state index in [0.717, 1.165) is 4.57 Å². The maximum atomic E-state index is 11.4. The molecule has 0 unspecified atom stereocenters. The Morgan fingerprint density at radius 1 is 1.50 bits per heavy atom. The highest BCUT2D eigenvalue weighted by atomic mass is 16.2. The third-order valence-electron chi connectivity index (χ3n) is 1.95. The number of carbonyl (C=O) groups excluding carboxylic acids is 1. The molecule has 1 aromatic rings. The zero-order valence-corrected chi connectivity index (χ0v) is 9.32. The van der Waals surface area contributed by atoms with E-state index < -0.39 is 11.2 Å². The summed E-state index contributed by atoms with van der Waals surface area (Å²) in [5, 5.41) is 2.63. The van der Waals surface area contributed by atoms with Gasteiger partial charge in [-0.05, 0) is 5.92 Å². The SMILES string of the molecule is CC(C)CNC(=O)Cn1c(=O)cc[nH]c1=O. The van der Waals surface area contributed by atoms with Crippen molar-refractivity contribution in [1.29, 1.82) is 0 Å². The molecule has 0 radical (unpaired) electrons. The van der Waals surface area contributed by atoms with E-state index in [2.05, 4.69) is 10.3 Å².